The molecule has 21 heavy (non-hydrogen) atoms. The van der Waals surface area contributed by atoms with Crippen molar-refractivity contribution in [1.82, 2.24) is 20.4 Å². The summed E-state index contributed by atoms with van der Waals surface area (Å²) in [5.41, 5.74) is 4.37. The molecule has 0 spiro atoms. The van der Waals surface area contributed by atoms with Crippen LogP contribution in [0, 0.1) is 11.6 Å². The third-order valence-electron chi connectivity index (χ3n) is 2.66. The maximum absolute atomic E-state index is 13.4. The van der Waals surface area contributed by atoms with E-state index in [0.717, 1.165) is 6.07 Å². The van der Waals surface area contributed by atoms with Crippen LogP contribution >= 0.6 is 0 Å². The quantitative estimate of drug-likeness (QED) is 0.850. The van der Waals surface area contributed by atoms with E-state index >= 15 is 0 Å². The molecule has 2 N–H and O–H groups in total. The Morgan fingerprint density at radius 3 is 2.57 bits per heavy atom. The van der Waals surface area contributed by atoms with Gasteiger partial charge in [0.25, 0.3) is 5.91 Å². The van der Waals surface area contributed by atoms with Crippen LogP contribution in [0.4, 0.5) is 14.5 Å². The molecule has 0 atom stereocenters. The summed E-state index contributed by atoms with van der Waals surface area (Å²) in [7, 11) is 0. The van der Waals surface area contributed by atoms with Crippen LogP contribution in [-0.4, -0.2) is 20.9 Å². The lowest BCUT2D eigenvalue weighted by molar-refractivity contribution is 0.0957. The average Bonchev–Trinajstić information content (AvgIpc) is 2.87. The van der Waals surface area contributed by atoms with Gasteiger partial charge in [-0.05, 0) is 32.9 Å². The number of nitrogens with zero attached hydrogens (tertiary/aromatic N) is 3. The van der Waals surface area contributed by atoms with E-state index in [-0.39, 0.29) is 16.9 Å². The Hall–Kier alpha value is -2.51. The van der Waals surface area contributed by atoms with E-state index in [1.807, 2.05) is 20.8 Å². The minimum absolute atomic E-state index is 0.0482. The summed E-state index contributed by atoms with van der Waals surface area (Å²) in [6.45, 7) is 5.74. The van der Waals surface area contributed by atoms with Gasteiger partial charge >= 0.3 is 0 Å². The number of anilines is 1. The van der Waals surface area contributed by atoms with E-state index in [1.54, 1.807) is 4.68 Å². The Labute approximate surface area is 120 Å². The lowest BCUT2D eigenvalue weighted by atomic mass is 10.1. The van der Waals surface area contributed by atoms with E-state index in [1.165, 1.54) is 12.3 Å². The Kier molecular flexibility index (Phi) is 3.88. The fraction of sp³-hybridized carbons (Fsp3) is 0.308. The van der Waals surface area contributed by atoms with Crippen molar-refractivity contribution < 1.29 is 13.6 Å². The Morgan fingerprint density at radius 2 is 2.00 bits per heavy atom. The molecule has 0 bridgehead atoms. The lowest BCUT2D eigenvalue weighted by Crippen LogP contribution is -2.30. The second-order valence-corrected chi connectivity index (χ2v) is 5.42. The lowest BCUT2D eigenvalue weighted by Gasteiger charge is -2.17. The molecule has 1 aromatic heterocycles. The number of aromatic nitrogens is 3. The molecule has 0 aliphatic heterocycles. The summed E-state index contributed by atoms with van der Waals surface area (Å²) in [5, 5.41) is 7.59. The number of hydrogen-bond donors (Lipinski definition) is 2. The summed E-state index contributed by atoms with van der Waals surface area (Å²) < 4.78 is 27.7. The van der Waals surface area contributed by atoms with E-state index in [2.05, 4.69) is 21.2 Å². The molecule has 1 aromatic carbocycles. The number of amides is 1. The summed E-state index contributed by atoms with van der Waals surface area (Å²) in [5.74, 6) is -2.08. The van der Waals surface area contributed by atoms with Gasteiger partial charge < -0.3 is 0 Å². The van der Waals surface area contributed by atoms with Crippen LogP contribution in [-0.2, 0) is 5.54 Å². The predicted molar refractivity (Wildman–Crippen MR) is 72.5 cm³/mol. The first-order valence-corrected chi connectivity index (χ1v) is 6.21. The molecule has 1 amide bonds. The number of benzene rings is 1. The zero-order valence-electron chi connectivity index (χ0n) is 11.8. The highest BCUT2D eigenvalue weighted by molar-refractivity contribution is 5.92. The highest BCUT2D eigenvalue weighted by Crippen LogP contribution is 2.14. The summed E-state index contributed by atoms with van der Waals surface area (Å²) in [4.78, 5) is 11.9. The predicted octanol–water partition coefficient (Wildman–Crippen LogP) is 2.07. The first kappa shape index (κ1) is 14.9. The highest BCUT2D eigenvalue weighted by Gasteiger charge is 2.18. The smallest absolute Gasteiger partial charge is 0.291 e. The molecule has 0 saturated carbocycles. The van der Waals surface area contributed by atoms with Crippen molar-refractivity contribution >= 4 is 11.6 Å². The number of halogens is 2. The first-order valence-electron chi connectivity index (χ1n) is 6.21. The highest BCUT2D eigenvalue weighted by atomic mass is 19.1. The fourth-order valence-electron chi connectivity index (χ4n) is 1.47. The van der Waals surface area contributed by atoms with Gasteiger partial charge in [-0.1, -0.05) is 5.21 Å². The van der Waals surface area contributed by atoms with Gasteiger partial charge in [0.05, 0.1) is 17.4 Å². The van der Waals surface area contributed by atoms with Crippen LogP contribution < -0.4 is 10.9 Å². The molecular weight excluding hydrogens is 280 g/mol. The number of rotatable bonds is 3. The van der Waals surface area contributed by atoms with Crippen LogP contribution in [0.5, 0.6) is 0 Å². The molecule has 1 heterocycles. The van der Waals surface area contributed by atoms with Crippen molar-refractivity contribution in [3.8, 4) is 0 Å². The number of nitrogens with one attached hydrogen (secondary N) is 2. The largest absolute Gasteiger partial charge is 0.295 e. The number of hydrazine groups is 1. The third kappa shape index (κ3) is 3.53. The minimum atomic E-state index is -0.811. The maximum atomic E-state index is 13.4. The van der Waals surface area contributed by atoms with Gasteiger partial charge in [-0.25, -0.2) is 13.5 Å². The van der Waals surface area contributed by atoms with Gasteiger partial charge in [-0.3, -0.25) is 15.6 Å². The second kappa shape index (κ2) is 5.47. The first-order chi connectivity index (χ1) is 9.77. The molecule has 0 aliphatic rings. The number of hydrogen-bond acceptors (Lipinski definition) is 4. The van der Waals surface area contributed by atoms with Crippen molar-refractivity contribution in [3.63, 3.8) is 0 Å². The zero-order chi connectivity index (χ0) is 15.6. The number of carbonyl (C=O) groups excluding carboxylic acids is 1. The maximum Gasteiger partial charge on any atom is 0.291 e. The molecule has 6 nitrogen and oxygen atoms in total. The van der Waals surface area contributed by atoms with Gasteiger partial charge in [0.15, 0.2) is 11.5 Å². The van der Waals surface area contributed by atoms with Gasteiger partial charge in [0.2, 0.25) is 0 Å². The fourth-order valence-corrected chi connectivity index (χ4v) is 1.47. The van der Waals surface area contributed by atoms with Crippen LogP contribution in [0.1, 0.15) is 31.3 Å². The molecule has 0 fully saturated rings. The monoisotopic (exact) mass is 295 g/mol. The van der Waals surface area contributed by atoms with Crippen LogP contribution in [0.25, 0.3) is 0 Å². The van der Waals surface area contributed by atoms with Crippen LogP contribution in [0.15, 0.2) is 24.4 Å². The molecule has 8 heteroatoms. The molecule has 0 radical (unpaired) electrons. The molecule has 2 aromatic rings. The average molecular weight is 295 g/mol. The van der Waals surface area contributed by atoms with Crippen molar-refractivity contribution in [3.05, 3.63) is 41.7 Å². The minimum Gasteiger partial charge on any atom is -0.295 e. The number of carbonyl (C=O) groups is 1. The van der Waals surface area contributed by atoms with Crippen LogP contribution in [0.3, 0.4) is 0 Å². The standard InChI is InChI=1S/C13H15F2N5O/c1-13(2,3)20-7-11(17-19-20)12(21)18-16-10-5-4-8(14)6-9(10)15/h4-7,16H,1-3H3,(H,18,21). The molecule has 0 unspecified atom stereocenters. The summed E-state index contributed by atoms with van der Waals surface area (Å²) in [6.07, 6.45) is 1.48. The topological polar surface area (TPSA) is 71.8 Å². The second-order valence-electron chi connectivity index (χ2n) is 5.42. The molecule has 0 saturated heterocycles. The van der Waals surface area contributed by atoms with Gasteiger partial charge in [0.1, 0.15) is 5.82 Å². The van der Waals surface area contributed by atoms with E-state index in [0.29, 0.717) is 6.07 Å². The van der Waals surface area contributed by atoms with E-state index in [9.17, 15) is 13.6 Å². The zero-order valence-corrected chi connectivity index (χ0v) is 11.8. The SMILES string of the molecule is CC(C)(C)n1cc(C(=O)NNc2ccc(F)cc2F)nn1. The molecule has 2 rings (SSSR count). The van der Waals surface area contributed by atoms with Crippen molar-refractivity contribution in [2.45, 2.75) is 26.3 Å². The van der Waals surface area contributed by atoms with Gasteiger partial charge in [0, 0.05) is 6.07 Å². The summed E-state index contributed by atoms with van der Waals surface area (Å²) in [6, 6.07) is 2.97. The van der Waals surface area contributed by atoms with E-state index in [4.69, 9.17) is 0 Å². The van der Waals surface area contributed by atoms with Gasteiger partial charge in [-0.15, -0.1) is 5.10 Å². The Balaban J connectivity index is 2.03. The van der Waals surface area contributed by atoms with Crippen molar-refractivity contribution in [2.24, 2.45) is 0 Å². The Morgan fingerprint density at radius 1 is 1.29 bits per heavy atom. The van der Waals surface area contributed by atoms with Gasteiger partial charge in [-0.2, -0.15) is 0 Å². The van der Waals surface area contributed by atoms with Crippen molar-refractivity contribution in [1.29, 1.82) is 0 Å². The van der Waals surface area contributed by atoms with Crippen molar-refractivity contribution in [2.75, 3.05) is 5.43 Å². The molecule has 0 aliphatic carbocycles. The molecule has 112 valence electrons. The van der Waals surface area contributed by atoms with Crippen LogP contribution in [0.2, 0.25) is 0 Å². The Bertz CT molecular complexity index is 663. The summed E-state index contributed by atoms with van der Waals surface area (Å²) >= 11 is 0. The normalized spacial score (nSPS) is 11.3. The third-order valence-corrected chi connectivity index (χ3v) is 2.66. The van der Waals surface area contributed by atoms with E-state index < -0.39 is 17.5 Å². The molecular formula is C13H15F2N5O.